The minimum Gasteiger partial charge on any atom is -0.368 e. The molecule has 3 rings (SSSR count). The van der Waals surface area contributed by atoms with Gasteiger partial charge in [-0.15, -0.1) is 0 Å². The van der Waals surface area contributed by atoms with Crippen LogP contribution in [-0.2, 0) is 6.18 Å². The molecule has 8 heteroatoms. The fourth-order valence-corrected chi connectivity index (χ4v) is 2.95. The van der Waals surface area contributed by atoms with Crippen LogP contribution in [0.3, 0.4) is 0 Å². The topological polar surface area (TPSA) is 19.4 Å². The minimum atomic E-state index is -4.41. The normalized spacial score (nSPS) is 17.0. The molecule has 1 saturated heterocycles. The van der Waals surface area contributed by atoms with E-state index in [1.165, 1.54) is 12.3 Å². The van der Waals surface area contributed by atoms with Gasteiger partial charge in [-0.1, -0.05) is 6.07 Å². The average Bonchev–Trinajstić information content (AvgIpc) is 2.53. The zero-order chi connectivity index (χ0) is 17.3. The Balaban J connectivity index is 1.83. The zero-order valence-corrected chi connectivity index (χ0v) is 12.7. The minimum absolute atomic E-state index is 0.250. The quantitative estimate of drug-likeness (QED) is 0.792. The second-order valence-electron chi connectivity index (χ2n) is 5.74. The Kier molecular flexibility index (Phi) is 4.58. The Morgan fingerprint density at radius 3 is 2.38 bits per heavy atom. The van der Waals surface area contributed by atoms with Crippen molar-refractivity contribution < 1.29 is 22.0 Å². The van der Waals surface area contributed by atoms with E-state index in [4.69, 9.17) is 0 Å². The van der Waals surface area contributed by atoms with Gasteiger partial charge in [0.1, 0.15) is 0 Å². The van der Waals surface area contributed by atoms with E-state index in [0.717, 1.165) is 17.8 Å². The Morgan fingerprint density at radius 2 is 1.75 bits per heavy atom. The van der Waals surface area contributed by atoms with Crippen LogP contribution in [0.2, 0.25) is 0 Å². The van der Waals surface area contributed by atoms with Crippen LogP contribution in [-0.4, -0.2) is 49.0 Å². The zero-order valence-electron chi connectivity index (χ0n) is 12.7. The molecule has 1 aromatic heterocycles. The van der Waals surface area contributed by atoms with Crippen LogP contribution in [0.15, 0.2) is 30.5 Å². The number of hydrogen-bond acceptors (Lipinski definition) is 3. The van der Waals surface area contributed by atoms with Gasteiger partial charge in [0.2, 0.25) is 0 Å². The summed E-state index contributed by atoms with van der Waals surface area (Å²) in [5.74, 6) is 0. The Hall–Kier alpha value is -1.96. The Labute approximate surface area is 135 Å². The molecule has 1 fully saturated rings. The standard InChI is InChI=1S/C16H16F5N3/c17-15(18)10-23-5-7-24(8-6-23)14-3-4-22-13-9-11(16(19,20)21)1-2-12(13)14/h1-4,9,15H,5-8,10H2. The summed E-state index contributed by atoms with van der Waals surface area (Å²) in [6, 6.07) is 5.25. The van der Waals surface area contributed by atoms with Crippen molar-refractivity contribution in [2.75, 3.05) is 37.6 Å². The molecule has 1 aromatic carbocycles. The summed E-state index contributed by atoms with van der Waals surface area (Å²) in [6.07, 6.45) is -5.30. The highest BCUT2D eigenvalue weighted by molar-refractivity contribution is 5.92. The van der Waals surface area contributed by atoms with Gasteiger partial charge in [-0.2, -0.15) is 13.2 Å². The predicted octanol–water partition coefficient (Wildman–Crippen LogP) is 3.64. The molecule has 0 saturated carbocycles. The van der Waals surface area contributed by atoms with E-state index in [1.807, 2.05) is 4.90 Å². The fraction of sp³-hybridized carbons (Fsp3) is 0.438. The third kappa shape index (κ3) is 3.58. The van der Waals surface area contributed by atoms with E-state index in [9.17, 15) is 22.0 Å². The number of piperazine rings is 1. The summed E-state index contributed by atoms with van der Waals surface area (Å²) in [5, 5.41) is 0.632. The van der Waals surface area contributed by atoms with Crippen LogP contribution in [0.1, 0.15) is 5.56 Å². The van der Waals surface area contributed by atoms with Crippen molar-refractivity contribution in [3.05, 3.63) is 36.0 Å². The van der Waals surface area contributed by atoms with Gasteiger partial charge in [0.25, 0.3) is 6.43 Å². The van der Waals surface area contributed by atoms with Crippen LogP contribution in [0.25, 0.3) is 10.9 Å². The van der Waals surface area contributed by atoms with E-state index in [1.54, 1.807) is 11.0 Å². The molecule has 0 unspecified atom stereocenters. The highest BCUT2D eigenvalue weighted by Gasteiger charge is 2.31. The smallest absolute Gasteiger partial charge is 0.368 e. The molecule has 0 N–H and O–H groups in total. The van der Waals surface area contributed by atoms with Gasteiger partial charge in [0.05, 0.1) is 17.6 Å². The van der Waals surface area contributed by atoms with Crippen molar-refractivity contribution >= 4 is 16.6 Å². The summed E-state index contributed by atoms with van der Waals surface area (Å²) in [5.41, 5.74) is 0.323. The molecule has 0 spiro atoms. The lowest BCUT2D eigenvalue weighted by molar-refractivity contribution is -0.137. The summed E-state index contributed by atoms with van der Waals surface area (Å²) in [4.78, 5) is 7.71. The number of hydrogen-bond donors (Lipinski definition) is 0. The maximum Gasteiger partial charge on any atom is 0.416 e. The first-order valence-corrected chi connectivity index (χ1v) is 7.56. The fourth-order valence-electron chi connectivity index (χ4n) is 2.95. The SMILES string of the molecule is FC(F)CN1CCN(c2ccnc3cc(C(F)(F)F)ccc23)CC1. The first kappa shape index (κ1) is 16.9. The molecular formula is C16H16F5N3. The number of rotatable bonds is 3. The van der Waals surface area contributed by atoms with Crippen LogP contribution in [0.5, 0.6) is 0 Å². The molecule has 130 valence electrons. The van der Waals surface area contributed by atoms with Gasteiger partial charge in [-0.25, -0.2) is 8.78 Å². The molecule has 0 atom stereocenters. The van der Waals surface area contributed by atoms with Crippen molar-refractivity contribution in [1.82, 2.24) is 9.88 Å². The second kappa shape index (κ2) is 6.51. The lowest BCUT2D eigenvalue weighted by atomic mass is 10.1. The van der Waals surface area contributed by atoms with Crippen molar-refractivity contribution in [2.24, 2.45) is 0 Å². The number of halogens is 5. The number of nitrogens with zero attached hydrogens (tertiary/aromatic N) is 3. The molecule has 2 aromatic rings. The molecule has 2 heterocycles. The van der Waals surface area contributed by atoms with E-state index in [2.05, 4.69) is 4.98 Å². The summed E-state index contributed by atoms with van der Waals surface area (Å²) >= 11 is 0. The lowest BCUT2D eigenvalue weighted by Gasteiger charge is -2.36. The molecule has 0 aliphatic carbocycles. The highest BCUT2D eigenvalue weighted by atomic mass is 19.4. The van der Waals surface area contributed by atoms with Crippen LogP contribution >= 0.6 is 0 Å². The molecule has 24 heavy (non-hydrogen) atoms. The first-order chi connectivity index (χ1) is 11.3. The molecule has 0 amide bonds. The first-order valence-electron chi connectivity index (χ1n) is 7.56. The maximum atomic E-state index is 12.8. The molecule has 0 bridgehead atoms. The van der Waals surface area contributed by atoms with E-state index >= 15 is 0 Å². The van der Waals surface area contributed by atoms with Crippen molar-refractivity contribution in [1.29, 1.82) is 0 Å². The second-order valence-corrected chi connectivity index (χ2v) is 5.74. The van der Waals surface area contributed by atoms with Gasteiger partial charge >= 0.3 is 6.18 Å². The Bertz CT molecular complexity index is 708. The molecule has 0 radical (unpaired) electrons. The number of anilines is 1. The van der Waals surface area contributed by atoms with E-state index < -0.39 is 18.2 Å². The molecule has 1 aliphatic rings. The van der Waals surface area contributed by atoms with E-state index in [-0.39, 0.29) is 12.1 Å². The summed E-state index contributed by atoms with van der Waals surface area (Å²) in [7, 11) is 0. The monoisotopic (exact) mass is 345 g/mol. The van der Waals surface area contributed by atoms with Gasteiger partial charge < -0.3 is 4.90 Å². The van der Waals surface area contributed by atoms with Crippen molar-refractivity contribution in [2.45, 2.75) is 12.6 Å². The van der Waals surface area contributed by atoms with Crippen LogP contribution in [0, 0.1) is 0 Å². The number of benzene rings is 1. The van der Waals surface area contributed by atoms with Gasteiger partial charge in [-0.05, 0) is 18.2 Å². The summed E-state index contributed by atoms with van der Waals surface area (Å²) < 4.78 is 63.3. The van der Waals surface area contributed by atoms with Gasteiger partial charge in [0.15, 0.2) is 0 Å². The number of pyridine rings is 1. The maximum absolute atomic E-state index is 12.8. The number of aromatic nitrogens is 1. The van der Waals surface area contributed by atoms with Crippen molar-refractivity contribution in [3.63, 3.8) is 0 Å². The highest BCUT2D eigenvalue weighted by Crippen LogP contribution is 2.33. The molecule has 3 nitrogen and oxygen atoms in total. The summed E-state index contributed by atoms with van der Waals surface area (Å²) in [6.45, 7) is 1.84. The van der Waals surface area contributed by atoms with Gasteiger partial charge in [0, 0.05) is 43.4 Å². The van der Waals surface area contributed by atoms with Crippen LogP contribution in [0.4, 0.5) is 27.6 Å². The lowest BCUT2D eigenvalue weighted by Crippen LogP contribution is -2.47. The number of fused-ring (bicyclic) bond motifs is 1. The largest absolute Gasteiger partial charge is 0.416 e. The molecule has 1 aliphatic heterocycles. The average molecular weight is 345 g/mol. The van der Waals surface area contributed by atoms with Crippen LogP contribution < -0.4 is 4.90 Å². The Morgan fingerprint density at radius 1 is 1.04 bits per heavy atom. The van der Waals surface area contributed by atoms with E-state index in [0.29, 0.717) is 31.6 Å². The third-order valence-corrected chi connectivity index (χ3v) is 4.16. The molecular weight excluding hydrogens is 329 g/mol. The van der Waals surface area contributed by atoms with Gasteiger partial charge in [-0.3, -0.25) is 9.88 Å². The predicted molar refractivity (Wildman–Crippen MR) is 81.4 cm³/mol. The number of alkyl halides is 5. The third-order valence-electron chi connectivity index (χ3n) is 4.16. The van der Waals surface area contributed by atoms with Crippen molar-refractivity contribution in [3.8, 4) is 0 Å².